The van der Waals surface area contributed by atoms with Gasteiger partial charge in [0.2, 0.25) is 5.91 Å². The first-order valence-electron chi connectivity index (χ1n) is 9.75. The quantitative estimate of drug-likeness (QED) is 0.871. The van der Waals surface area contributed by atoms with Crippen molar-refractivity contribution in [2.75, 3.05) is 26.2 Å². The molecule has 3 rings (SSSR count). The molecule has 0 bridgehead atoms. The number of ether oxygens (including phenoxy) is 1. The molecule has 1 unspecified atom stereocenters. The van der Waals surface area contributed by atoms with E-state index in [0.717, 1.165) is 38.0 Å². The zero-order chi connectivity index (χ0) is 19.7. The van der Waals surface area contributed by atoms with Crippen LogP contribution in [0.2, 0.25) is 0 Å². The summed E-state index contributed by atoms with van der Waals surface area (Å²) >= 11 is 0. The van der Waals surface area contributed by atoms with Gasteiger partial charge < -0.3 is 15.0 Å². The zero-order valence-electron chi connectivity index (χ0n) is 16.8. The maximum absolute atomic E-state index is 12.7. The van der Waals surface area contributed by atoms with Crippen LogP contribution in [0.3, 0.4) is 0 Å². The number of hydrogen-bond donors (Lipinski definition) is 1. The molecule has 1 aromatic heterocycles. The van der Waals surface area contributed by atoms with E-state index in [2.05, 4.69) is 22.2 Å². The lowest BCUT2D eigenvalue weighted by molar-refractivity contribution is -0.130. The Bertz CT molecular complexity index is 720. The Morgan fingerprint density at radius 3 is 2.52 bits per heavy atom. The van der Waals surface area contributed by atoms with Gasteiger partial charge in [0.25, 0.3) is 5.91 Å². The minimum Gasteiger partial charge on any atom is -0.373 e. The van der Waals surface area contributed by atoms with Gasteiger partial charge in [0, 0.05) is 38.6 Å². The lowest BCUT2D eigenvalue weighted by Gasteiger charge is -2.38. The van der Waals surface area contributed by atoms with E-state index in [9.17, 15) is 9.59 Å². The van der Waals surface area contributed by atoms with E-state index in [1.165, 1.54) is 0 Å². The predicted octanol–water partition coefficient (Wildman–Crippen LogP) is 1.98. The van der Waals surface area contributed by atoms with Crippen LogP contribution in [0.15, 0.2) is 6.07 Å². The highest BCUT2D eigenvalue weighted by atomic mass is 16.5. The molecule has 7 nitrogen and oxygen atoms in total. The van der Waals surface area contributed by atoms with E-state index in [-0.39, 0.29) is 22.8 Å². The molecule has 0 radical (unpaired) electrons. The van der Waals surface area contributed by atoms with Crippen LogP contribution in [0.25, 0.3) is 0 Å². The zero-order valence-corrected chi connectivity index (χ0v) is 16.8. The van der Waals surface area contributed by atoms with Crippen molar-refractivity contribution in [1.82, 2.24) is 20.2 Å². The Kier molecular flexibility index (Phi) is 5.51. The van der Waals surface area contributed by atoms with Gasteiger partial charge in [0.15, 0.2) is 0 Å². The standard InChI is InChI=1S/C20H30N4O3/c1-14-22-16(18(26)21-13-20(4)6-5-11-27-20)12-17(23-14)19(3)7-9-24(10-8-19)15(2)25/h12H,5-11,13H2,1-4H3,(H,21,26). The van der Waals surface area contributed by atoms with Gasteiger partial charge in [-0.25, -0.2) is 9.97 Å². The van der Waals surface area contributed by atoms with Gasteiger partial charge in [-0.05, 0) is 45.6 Å². The van der Waals surface area contributed by atoms with Gasteiger partial charge in [-0.1, -0.05) is 6.92 Å². The van der Waals surface area contributed by atoms with E-state index in [4.69, 9.17) is 4.74 Å². The maximum atomic E-state index is 12.7. The number of piperidine rings is 1. The second-order valence-electron chi connectivity index (χ2n) is 8.34. The smallest absolute Gasteiger partial charge is 0.270 e. The first-order valence-corrected chi connectivity index (χ1v) is 9.75. The van der Waals surface area contributed by atoms with Crippen LogP contribution in [-0.4, -0.2) is 58.5 Å². The van der Waals surface area contributed by atoms with E-state index in [1.54, 1.807) is 6.92 Å². The maximum Gasteiger partial charge on any atom is 0.270 e. The minimum atomic E-state index is -0.286. The molecule has 2 aliphatic heterocycles. The van der Waals surface area contributed by atoms with Gasteiger partial charge in [-0.15, -0.1) is 0 Å². The molecule has 2 aliphatic rings. The molecular weight excluding hydrogens is 344 g/mol. The normalized spacial score (nSPS) is 24.7. The van der Waals surface area contributed by atoms with Crippen molar-refractivity contribution >= 4 is 11.8 Å². The lowest BCUT2D eigenvalue weighted by Crippen LogP contribution is -2.44. The van der Waals surface area contributed by atoms with Crippen LogP contribution in [0, 0.1) is 6.92 Å². The van der Waals surface area contributed by atoms with Crippen LogP contribution in [-0.2, 0) is 14.9 Å². The number of carbonyl (C=O) groups is 2. The van der Waals surface area contributed by atoms with Gasteiger partial charge >= 0.3 is 0 Å². The molecule has 0 spiro atoms. The Morgan fingerprint density at radius 1 is 1.22 bits per heavy atom. The van der Waals surface area contributed by atoms with Crippen molar-refractivity contribution in [3.8, 4) is 0 Å². The largest absolute Gasteiger partial charge is 0.373 e. The summed E-state index contributed by atoms with van der Waals surface area (Å²) in [4.78, 5) is 35.1. The van der Waals surface area contributed by atoms with Crippen molar-refractivity contribution in [2.24, 2.45) is 0 Å². The van der Waals surface area contributed by atoms with E-state index in [0.29, 0.717) is 31.2 Å². The highest BCUT2D eigenvalue weighted by Crippen LogP contribution is 2.34. The number of rotatable bonds is 4. The number of amides is 2. The van der Waals surface area contributed by atoms with E-state index < -0.39 is 0 Å². The fourth-order valence-corrected chi connectivity index (χ4v) is 3.90. The van der Waals surface area contributed by atoms with Crippen LogP contribution in [0.1, 0.15) is 68.5 Å². The second kappa shape index (κ2) is 7.54. The second-order valence-corrected chi connectivity index (χ2v) is 8.34. The number of likely N-dealkylation sites (tertiary alicyclic amines) is 1. The molecule has 148 valence electrons. The molecule has 1 atom stereocenters. The summed E-state index contributed by atoms with van der Waals surface area (Å²) in [5, 5.41) is 2.97. The fraction of sp³-hybridized carbons (Fsp3) is 0.700. The number of aryl methyl sites for hydroxylation is 1. The number of nitrogens with one attached hydrogen (secondary N) is 1. The fourth-order valence-electron chi connectivity index (χ4n) is 3.90. The van der Waals surface area contributed by atoms with Crippen LogP contribution in [0.5, 0.6) is 0 Å². The Hall–Kier alpha value is -2.02. The van der Waals surface area contributed by atoms with Crippen molar-refractivity contribution in [2.45, 2.75) is 64.4 Å². The minimum absolute atomic E-state index is 0.110. The molecule has 7 heteroatoms. The third-order valence-electron chi connectivity index (χ3n) is 5.92. The molecule has 2 fully saturated rings. The van der Waals surface area contributed by atoms with Crippen LogP contribution in [0.4, 0.5) is 0 Å². The highest BCUT2D eigenvalue weighted by Gasteiger charge is 2.35. The molecule has 1 aromatic rings. The van der Waals surface area contributed by atoms with Gasteiger partial charge in [-0.3, -0.25) is 9.59 Å². The first kappa shape index (κ1) is 19.7. The summed E-state index contributed by atoms with van der Waals surface area (Å²) in [7, 11) is 0. The van der Waals surface area contributed by atoms with Gasteiger partial charge in [0.1, 0.15) is 11.5 Å². The summed E-state index contributed by atoms with van der Waals surface area (Å²) in [6.07, 6.45) is 3.64. The SMILES string of the molecule is CC(=O)N1CCC(C)(c2cc(C(=O)NCC3(C)CCCO3)nc(C)n2)CC1. The number of hydrogen-bond acceptors (Lipinski definition) is 5. The molecule has 0 aromatic carbocycles. The molecule has 2 amide bonds. The molecule has 27 heavy (non-hydrogen) atoms. The third kappa shape index (κ3) is 4.46. The monoisotopic (exact) mass is 374 g/mol. The number of nitrogens with zero attached hydrogens (tertiary/aromatic N) is 3. The summed E-state index contributed by atoms with van der Waals surface area (Å²) in [5.74, 6) is 0.512. The molecular formula is C20H30N4O3. The van der Waals surface area contributed by atoms with E-state index >= 15 is 0 Å². The summed E-state index contributed by atoms with van der Waals surface area (Å²) in [6.45, 7) is 10.3. The van der Waals surface area contributed by atoms with Crippen molar-refractivity contribution in [3.63, 3.8) is 0 Å². The summed E-state index contributed by atoms with van der Waals surface area (Å²) < 4.78 is 5.74. The summed E-state index contributed by atoms with van der Waals surface area (Å²) in [5.41, 5.74) is 0.836. The van der Waals surface area contributed by atoms with Gasteiger partial charge in [-0.2, -0.15) is 0 Å². The van der Waals surface area contributed by atoms with E-state index in [1.807, 2.05) is 24.8 Å². The van der Waals surface area contributed by atoms with Crippen LogP contribution >= 0.6 is 0 Å². The Labute approximate surface area is 160 Å². The van der Waals surface area contributed by atoms with Crippen LogP contribution < -0.4 is 5.32 Å². The molecule has 0 aliphatic carbocycles. The van der Waals surface area contributed by atoms with Crippen molar-refractivity contribution < 1.29 is 14.3 Å². The molecule has 1 N–H and O–H groups in total. The van der Waals surface area contributed by atoms with Crippen molar-refractivity contribution in [3.05, 3.63) is 23.3 Å². The lowest BCUT2D eigenvalue weighted by atomic mass is 9.77. The first-order chi connectivity index (χ1) is 12.7. The Balaban J connectivity index is 1.72. The predicted molar refractivity (Wildman–Crippen MR) is 102 cm³/mol. The number of aromatic nitrogens is 2. The van der Waals surface area contributed by atoms with Gasteiger partial charge in [0.05, 0.1) is 11.3 Å². The average Bonchev–Trinajstić information content (AvgIpc) is 3.06. The average molecular weight is 374 g/mol. The number of carbonyl (C=O) groups excluding carboxylic acids is 2. The molecule has 2 saturated heterocycles. The molecule has 0 saturated carbocycles. The highest BCUT2D eigenvalue weighted by molar-refractivity contribution is 5.92. The van der Waals surface area contributed by atoms with Crippen molar-refractivity contribution in [1.29, 1.82) is 0 Å². The summed E-state index contributed by atoms with van der Waals surface area (Å²) in [6, 6.07) is 1.81. The molecule has 3 heterocycles. The Morgan fingerprint density at radius 2 is 1.93 bits per heavy atom. The third-order valence-corrected chi connectivity index (χ3v) is 5.92. The topological polar surface area (TPSA) is 84.4 Å².